The van der Waals surface area contributed by atoms with Gasteiger partial charge in [0.2, 0.25) is 5.91 Å². The van der Waals surface area contributed by atoms with E-state index in [4.69, 9.17) is 15.2 Å². The van der Waals surface area contributed by atoms with Gasteiger partial charge >= 0.3 is 0 Å². The molecule has 94 valence electrons. The van der Waals surface area contributed by atoms with Crippen LogP contribution in [0.4, 0.5) is 0 Å². The number of hydrogen-bond donors (Lipinski definition) is 2. The molecule has 3 N–H and O–H groups in total. The van der Waals surface area contributed by atoms with Gasteiger partial charge in [0.25, 0.3) is 0 Å². The number of hydrogen-bond acceptors (Lipinski definition) is 4. The number of nitrogens with two attached hydrogens (primary N) is 1. The fourth-order valence-electron chi connectivity index (χ4n) is 1.80. The van der Waals surface area contributed by atoms with Crippen LogP contribution in [-0.4, -0.2) is 44.9 Å². The molecule has 0 aliphatic carbocycles. The van der Waals surface area contributed by atoms with Crippen LogP contribution in [0, 0.1) is 0 Å². The van der Waals surface area contributed by atoms with E-state index in [0.29, 0.717) is 32.8 Å². The normalized spacial score (nSPS) is 19.4. The molecular weight excluding hydrogens is 208 g/mol. The first-order valence-corrected chi connectivity index (χ1v) is 5.85. The molecule has 5 nitrogen and oxygen atoms in total. The van der Waals surface area contributed by atoms with Crippen molar-refractivity contribution in [3.05, 3.63) is 0 Å². The van der Waals surface area contributed by atoms with Gasteiger partial charge in [-0.3, -0.25) is 4.79 Å². The van der Waals surface area contributed by atoms with Gasteiger partial charge in [0.1, 0.15) is 0 Å². The Morgan fingerprint density at radius 2 is 2.19 bits per heavy atom. The lowest BCUT2D eigenvalue weighted by molar-refractivity contribution is -0.123. The zero-order valence-electron chi connectivity index (χ0n) is 9.96. The molecule has 1 rings (SSSR count). The third-order valence-corrected chi connectivity index (χ3v) is 3.01. The van der Waals surface area contributed by atoms with E-state index in [2.05, 4.69) is 5.32 Å². The third kappa shape index (κ3) is 4.08. The predicted octanol–water partition coefficient (Wildman–Crippen LogP) is 0.0371. The Bertz CT molecular complexity index is 215. The largest absolute Gasteiger partial charge is 0.381 e. The molecule has 0 atom stereocenters. The van der Waals surface area contributed by atoms with E-state index < -0.39 is 0 Å². The lowest BCUT2D eigenvalue weighted by atomic mass is 9.94. The van der Waals surface area contributed by atoms with E-state index >= 15 is 0 Å². The van der Waals surface area contributed by atoms with Gasteiger partial charge in [-0.05, 0) is 6.42 Å². The Labute approximate surface area is 96.7 Å². The Kier molecular flexibility index (Phi) is 5.73. The SMILES string of the molecule is CNC(=O)CCCOC1(CN)CCOCC1. The molecule has 0 saturated carbocycles. The summed E-state index contributed by atoms with van der Waals surface area (Å²) in [6.45, 7) is 2.54. The summed E-state index contributed by atoms with van der Waals surface area (Å²) in [6.07, 6.45) is 2.95. The number of amides is 1. The molecule has 1 saturated heterocycles. The molecule has 0 spiro atoms. The van der Waals surface area contributed by atoms with Crippen LogP contribution in [0.3, 0.4) is 0 Å². The van der Waals surface area contributed by atoms with Gasteiger partial charge in [-0.2, -0.15) is 0 Å². The first-order chi connectivity index (χ1) is 7.72. The topological polar surface area (TPSA) is 73.6 Å². The number of nitrogens with one attached hydrogen (secondary N) is 1. The summed E-state index contributed by atoms with van der Waals surface area (Å²) >= 11 is 0. The number of carbonyl (C=O) groups is 1. The molecule has 1 heterocycles. The van der Waals surface area contributed by atoms with E-state index in [1.807, 2.05) is 0 Å². The molecule has 0 aromatic carbocycles. The van der Waals surface area contributed by atoms with Crippen LogP contribution in [0.1, 0.15) is 25.7 Å². The standard InChI is InChI=1S/C11H22N2O3/c1-13-10(14)3-2-6-16-11(9-12)4-7-15-8-5-11/h2-9,12H2,1H3,(H,13,14). The third-order valence-electron chi connectivity index (χ3n) is 3.01. The minimum absolute atomic E-state index is 0.0531. The number of ether oxygens (including phenoxy) is 2. The lowest BCUT2D eigenvalue weighted by Crippen LogP contribution is -2.45. The van der Waals surface area contributed by atoms with Gasteiger partial charge in [-0.15, -0.1) is 0 Å². The second-order valence-corrected chi connectivity index (χ2v) is 4.12. The Balaban J connectivity index is 2.20. The average Bonchev–Trinajstić information content (AvgIpc) is 2.35. The van der Waals surface area contributed by atoms with E-state index in [0.717, 1.165) is 19.3 Å². The van der Waals surface area contributed by atoms with Gasteiger partial charge in [0.05, 0.1) is 5.60 Å². The molecule has 1 fully saturated rings. The molecule has 1 amide bonds. The molecule has 0 bridgehead atoms. The van der Waals surface area contributed by atoms with Crippen LogP contribution in [-0.2, 0) is 14.3 Å². The van der Waals surface area contributed by atoms with Gasteiger partial charge in [0, 0.05) is 52.7 Å². The highest BCUT2D eigenvalue weighted by atomic mass is 16.5. The molecule has 0 radical (unpaired) electrons. The Morgan fingerprint density at radius 1 is 1.50 bits per heavy atom. The van der Waals surface area contributed by atoms with Gasteiger partial charge < -0.3 is 20.5 Å². The molecule has 0 aromatic rings. The van der Waals surface area contributed by atoms with Gasteiger partial charge in [0.15, 0.2) is 0 Å². The van der Waals surface area contributed by atoms with Crippen molar-refractivity contribution in [1.82, 2.24) is 5.32 Å². The molecule has 1 aliphatic rings. The monoisotopic (exact) mass is 230 g/mol. The predicted molar refractivity (Wildman–Crippen MR) is 61.1 cm³/mol. The molecule has 0 aromatic heterocycles. The van der Waals surface area contributed by atoms with Crippen molar-refractivity contribution in [3.63, 3.8) is 0 Å². The van der Waals surface area contributed by atoms with Crippen molar-refractivity contribution in [2.45, 2.75) is 31.3 Å². The maximum Gasteiger partial charge on any atom is 0.219 e. The fraction of sp³-hybridized carbons (Fsp3) is 0.909. The van der Waals surface area contributed by atoms with Crippen LogP contribution < -0.4 is 11.1 Å². The number of rotatable bonds is 6. The molecule has 0 unspecified atom stereocenters. The van der Waals surface area contributed by atoms with Crippen LogP contribution in [0.25, 0.3) is 0 Å². The number of carbonyl (C=O) groups excluding carboxylic acids is 1. The van der Waals surface area contributed by atoms with Crippen LogP contribution in [0.5, 0.6) is 0 Å². The van der Waals surface area contributed by atoms with Crippen molar-refractivity contribution in [2.75, 3.05) is 33.4 Å². The second-order valence-electron chi connectivity index (χ2n) is 4.12. The quantitative estimate of drug-likeness (QED) is 0.632. The van der Waals surface area contributed by atoms with Crippen molar-refractivity contribution in [1.29, 1.82) is 0 Å². The molecule has 16 heavy (non-hydrogen) atoms. The summed E-state index contributed by atoms with van der Waals surface area (Å²) in [5.74, 6) is 0.0531. The summed E-state index contributed by atoms with van der Waals surface area (Å²) in [7, 11) is 1.64. The summed E-state index contributed by atoms with van der Waals surface area (Å²) in [5, 5.41) is 2.59. The highest BCUT2D eigenvalue weighted by molar-refractivity contribution is 5.75. The van der Waals surface area contributed by atoms with E-state index in [1.165, 1.54) is 0 Å². The summed E-state index contributed by atoms with van der Waals surface area (Å²) < 4.78 is 11.1. The maximum absolute atomic E-state index is 11.0. The minimum Gasteiger partial charge on any atom is -0.381 e. The smallest absolute Gasteiger partial charge is 0.219 e. The average molecular weight is 230 g/mol. The first-order valence-electron chi connectivity index (χ1n) is 5.85. The summed E-state index contributed by atoms with van der Waals surface area (Å²) in [6, 6.07) is 0. The molecular formula is C11H22N2O3. The van der Waals surface area contributed by atoms with E-state index in [9.17, 15) is 4.79 Å². The van der Waals surface area contributed by atoms with Crippen LogP contribution in [0.15, 0.2) is 0 Å². The first kappa shape index (κ1) is 13.4. The Hall–Kier alpha value is -0.650. The zero-order chi connectivity index (χ0) is 11.9. The summed E-state index contributed by atoms with van der Waals surface area (Å²) in [5.41, 5.74) is 5.53. The molecule has 1 aliphatic heterocycles. The van der Waals surface area contributed by atoms with Crippen molar-refractivity contribution in [3.8, 4) is 0 Å². The zero-order valence-corrected chi connectivity index (χ0v) is 9.96. The van der Waals surface area contributed by atoms with Crippen LogP contribution in [0.2, 0.25) is 0 Å². The minimum atomic E-state index is -0.221. The van der Waals surface area contributed by atoms with Crippen molar-refractivity contribution in [2.24, 2.45) is 5.73 Å². The lowest BCUT2D eigenvalue weighted by Gasteiger charge is -2.36. The van der Waals surface area contributed by atoms with Gasteiger partial charge in [-0.1, -0.05) is 0 Å². The Morgan fingerprint density at radius 3 is 2.75 bits per heavy atom. The highest BCUT2D eigenvalue weighted by Crippen LogP contribution is 2.24. The van der Waals surface area contributed by atoms with Crippen molar-refractivity contribution < 1.29 is 14.3 Å². The summed E-state index contributed by atoms with van der Waals surface area (Å²) in [4.78, 5) is 11.0. The maximum atomic E-state index is 11.0. The van der Waals surface area contributed by atoms with Crippen molar-refractivity contribution >= 4 is 5.91 Å². The second kappa shape index (κ2) is 6.83. The van der Waals surface area contributed by atoms with E-state index in [-0.39, 0.29) is 11.5 Å². The highest BCUT2D eigenvalue weighted by Gasteiger charge is 2.31. The fourth-order valence-corrected chi connectivity index (χ4v) is 1.80. The van der Waals surface area contributed by atoms with E-state index in [1.54, 1.807) is 7.05 Å². The van der Waals surface area contributed by atoms with Gasteiger partial charge in [-0.25, -0.2) is 0 Å². The van der Waals surface area contributed by atoms with Crippen LogP contribution >= 0.6 is 0 Å². The molecule has 5 heteroatoms.